The van der Waals surface area contributed by atoms with Crippen LogP contribution in [0.1, 0.15) is 37.6 Å². The van der Waals surface area contributed by atoms with Crippen LogP contribution in [0.4, 0.5) is 16.2 Å². The third kappa shape index (κ3) is 4.60. The summed E-state index contributed by atoms with van der Waals surface area (Å²) in [5.41, 5.74) is 2.78. The number of aryl methyl sites for hydroxylation is 1. The summed E-state index contributed by atoms with van der Waals surface area (Å²) >= 11 is 0. The van der Waals surface area contributed by atoms with Gasteiger partial charge < -0.3 is 15.7 Å². The lowest BCUT2D eigenvalue weighted by molar-refractivity contribution is -0.136. The molecule has 8 nitrogen and oxygen atoms in total. The first-order chi connectivity index (χ1) is 12.9. The van der Waals surface area contributed by atoms with Gasteiger partial charge in [-0.3, -0.25) is 9.20 Å². The topological polar surface area (TPSA) is 109 Å². The van der Waals surface area contributed by atoms with Crippen LogP contribution in [0.25, 0.3) is 5.65 Å². The number of urea groups is 1. The molecule has 3 aromatic rings. The Morgan fingerprint density at radius 1 is 1.11 bits per heavy atom. The molecule has 0 aliphatic rings. The van der Waals surface area contributed by atoms with Crippen molar-refractivity contribution in [2.24, 2.45) is 0 Å². The monoisotopic (exact) mass is 367 g/mol. The van der Waals surface area contributed by atoms with Gasteiger partial charge in [0.1, 0.15) is 5.82 Å². The maximum atomic E-state index is 12.3. The Morgan fingerprint density at radius 2 is 1.89 bits per heavy atom. The average molecular weight is 367 g/mol. The van der Waals surface area contributed by atoms with Crippen LogP contribution < -0.4 is 10.6 Å². The Morgan fingerprint density at radius 3 is 2.63 bits per heavy atom. The Balaban J connectivity index is 1.69. The standard InChI is InChI=1S/C19H21N5O3/c1-12(2)18-23-22-16-8-7-15(11-24(16)18)21-19(27)20-14-5-3-4-13(10-14)6-9-17(25)26/h3-5,7-8,10-12H,6,9H2,1-2H3,(H,25,26)(H2,20,21,27). The zero-order valence-electron chi connectivity index (χ0n) is 15.1. The number of amides is 2. The van der Waals surface area contributed by atoms with Crippen molar-refractivity contribution >= 4 is 29.0 Å². The van der Waals surface area contributed by atoms with Crippen molar-refractivity contribution in [2.75, 3.05) is 10.6 Å². The van der Waals surface area contributed by atoms with Crippen LogP contribution in [-0.4, -0.2) is 31.7 Å². The predicted molar refractivity (Wildman–Crippen MR) is 102 cm³/mol. The number of carboxylic acid groups (broad SMARTS) is 1. The molecule has 3 rings (SSSR count). The van der Waals surface area contributed by atoms with E-state index in [1.54, 1.807) is 36.5 Å². The SMILES string of the molecule is CC(C)c1nnc2ccc(NC(=O)Nc3cccc(CCC(=O)O)c3)cn12. The van der Waals surface area contributed by atoms with Gasteiger partial charge in [0.15, 0.2) is 5.65 Å². The molecule has 1 aromatic carbocycles. The summed E-state index contributed by atoms with van der Waals surface area (Å²) in [6.45, 7) is 4.06. The number of pyridine rings is 1. The summed E-state index contributed by atoms with van der Waals surface area (Å²) in [4.78, 5) is 23.0. The van der Waals surface area contributed by atoms with Gasteiger partial charge in [0.05, 0.1) is 5.69 Å². The minimum atomic E-state index is -0.851. The quantitative estimate of drug-likeness (QED) is 0.618. The molecule has 140 valence electrons. The van der Waals surface area contributed by atoms with E-state index < -0.39 is 5.97 Å². The van der Waals surface area contributed by atoms with E-state index in [0.717, 1.165) is 17.0 Å². The van der Waals surface area contributed by atoms with Crippen molar-refractivity contribution < 1.29 is 14.7 Å². The molecular formula is C19H21N5O3. The molecule has 2 aromatic heterocycles. The smallest absolute Gasteiger partial charge is 0.323 e. The fraction of sp³-hybridized carbons (Fsp3) is 0.263. The molecule has 0 fully saturated rings. The molecule has 0 aliphatic heterocycles. The fourth-order valence-corrected chi connectivity index (χ4v) is 2.73. The highest BCUT2D eigenvalue weighted by Crippen LogP contribution is 2.17. The first-order valence-corrected chi connectivity index (χ1v) is 8.66. The van der Waals surface area contributed by atoms with Crippen LogP contribution in [-0.2, 0) is 11.2 Å². The maximum absolute atomic E-state index is 12.3. The van der Waals surface area contributed by atoms with Gasteiger partial charge in [-0.2, -0.15) is 0 Å². The zero-order chi connectivity index (χ0) is 19.4. The average Bonchev–Trinajstić information content (AvgIpc) is 3.03. The number of carboxylic acids is 1. The Kier molecular flexibility index (Phi) is 5.35. The third-order valence-electron chi connectivity index (χ3n) is 4.02. The van der Waals surface area contributed by atoms with Crippen molar-refractivity contribution in [3.63, 3.8) is 0 Å². The van der Waals surface area contributed by atoms with Crippen LogP contribution in [0, 0.1) is 0 Å². The van der Waals surface area contributed by atoms with E-state index in [1.807, 2.05) is 24.3 Å². The second-order valence-electron chi connectivity index (χ2n) is 6.53. The summed E-state index contributed by atoms with van der Waals surface area (Å²) in [6, 6.07) is 10.3. The van der Waals surface area contributed by atoms with Crippen molar-refractivity contribution in [3.05, 3.63) is 54.0 Å². The fourth-order valence-electron chi connectivity index (χ4n) is 2.73. The molecule has 0 aliphatic carbocycles. The largest absolute Gasteiger partial charge is 0.481 e. The first kappa shape index (κ1) is 18.4. The number of aromatic nitrogens is 3. The first-order valence-electron chi connectivity index (χ1n) is 8.66. The molecule has 0 spiro atoms. The van der Waals surface area contributed by atoms with E-state index in [0.29, 0.717) is 17.8 Å². The summed E-state index contributed by atoms with van der Waals surface area (Å²) in [7, 11) is 0. The second kappa shape index (κ2) is 7.86. The number of fused-ring (bicyclic) bond motifs is 1. The van der Waals surface area contributed by atoms with Crippen LogP contribution in [0.2, 0.25) is 0 Å². The molecule has 0 unspecified atom stereocenters. The van der Waals surface area contributed by atoms with E-state index >= 15 is 0 Å². The Hall–Kier alpha value is -3.42. The number of hydrogen-bond acceptors (Lipinski definition) is 4. The summed E-state index contributed by atoms with van der Waals surface area (Å²) < 4.78 is 1.85. The van der Waals surface area contributed by atoms with Gasteiger partial charge in [0.25, 0.3) is 0 Å². The van der Waals surface area contributed by atoms with E-state index in [2.05, 4.69) is 20.8 Å². The molecule has 27 heavy (non-hydrogen) atoms. The molecule has 0 radical (unpaired) electrons. The normalized spacial score (nSPS) is 10.9. The van der Waals surface area contributed by atoms with Crippen LogP contribution >= 0.6 is 0 Å². The Labute approximate surface area is 156 Å². The number of aliphatic carboxylic acids is 1. The van der Waals surface area contributed by atoms with E-state index in [9.17, 15) is 9.59 Å². The maximum Gasteiger partial charge on any atom is 0.323 e. The molecule has 8 heteroatoms. The second-order valence-corrected chi connectivity index (χ2v) is 6.53. The predicted octanol–water partition coefficient (Wildman–Crippen LogP) is 3.51. The number of nitrogens with zero attached hydrogens (tertiary/aromatic N) is 3. The van der Waals surface area contributed by atoms with Gasteiger partial charge in [-0.05, 0) is 36.2 Å². The molecule has 0 saturated carbocycles. The van der Waals surface area contributed by atoms with Crippen molar-refractivity contribution in [1.82, 2.24) is 14.6 Å². The third-order valence-corrected chi connectivity index (χ3v) is 4.02. The van der Waals surface area contributed by atoms with Crippen molar-refractivity contribution in [1.29, 1.82) is 0 Å². The van der Waals surface area contributed by atoms with E-state index in [4.69, 9.17) is 5.11 Å². The number of benzene rings is 1. The molecule has 2 heterocycles. The molecule has 0 saturated heterocycles. The molecule has 0 atom stereocenters. The van der Waals surface area contributed by atoms with Crippen LogP contribution in [0.5, 0.6) is 0 Å². The lowest BCUT2D eigenvalue weighted by Crippen LogP contribution is -2.19. The number of carbonyl (C=O) groups excluding carboxylic acids is 1. The lowest BCUT2D eigenvalue weighted by atomic mass is 10.1. The van der Waals surface area contributed by atoms with Crippen LogP contribution in [0.3, 0.4) is 0 Å². The Bertz CT molecular complexity index is 980. The number of hydrogen-bond donors (Lipinski definition) is 3. The number of anilines is 2. The molecule has 0 bridgehead atoms. The highest BCUT2D eigenvalue weighted by Gasteiger charge is 2.11. The van der Waals surface area contributed by atoms with Gasteiger partial charge in [0.2, 0.25) is 0 Å². The summed E-state index contributed by atoms with van der Waals surface area (Å²) in [5.74, 6) is 0.175. The van der Waals surface area contributed by atoms with Crippen LogP contribution in [0.15, 0.2) is 42.6 Å². The van der Waals surface area contributed by atoms with Gasteiger partial charge in [0, 0.05) is 24.2 Å². The van der Waals surface area contributed by atoms with Crippen molar-refractivity contribution in [2.45, 2.75) is 32.6 Å². The molecular weight excluding hydrogens is 346 g/mol. The molecule has 2 amide bonds. The van der Waals surface area contributed by atoms with E-state index in [-0.39, 0.29) is 18.4 Å². The molecule has 3 N–H and O–H groups in total. The highest BCUT2D eigenvalue weighted by molar-refractivity contribution is 5.99. The van der Waals surface area contributed by atoms with Crippen molar-refractivity contribution in [3.8, 4) is 0 Å². The zero-order valence-corrected chi connectivity index (χ0v) is 15.1. The lowest BCUT2D eigenvalue weighted by Gasteiger charge is -2.10. The number of carbonyl (C=O) groups is 2. The minimum absolute atomic E-state index is 0.0484. The minimum Gasteiger partial charge on any atom is -0.481 e. The van der Waals surface area contributed by atoms with E-state index in [1.165, 1.54) is 0 Å². The van der Waals surface area contributed by atoms with Gasteiger partial charge in [-0.15, -0.1) is 10.2 Å². The van der Waals surface area contributed by atoms with Gasteiger partial charge in [-0.25, -0.2) is 4.79 Å². The summed E-state index contributed by atoms with van der Waals surface area (Å²) in [6.07, 6.45) is 2.25. The van der Waals surface area contributed by atoms with Gasteiger partial charge in [-0.1, -0.05) is 26.0 Å². The highest BCUT2D eigenvalue weighted by atomic mass is 16.4. The van der Waals surface area contributed by atoms with Gasteiger partial charge >= 0.3 is 12.0 Å². The summed E-state index contributed by atoms with van der Waals surface area (Å²) in [5, 5.41) is 22.6. The number of nitrogens with one attached hydrogen (secondary N) is 2. The number of rotatable bonds is 6.